The Hall–Kier alpha value is -1.65. The van der Waals surface area contributed by atoms with Gasteiger partial charge in [-0.2, -0.15) is 5.10 Å². The van der Waals surface area contributed by atoms with E-state index >= 15 is 0 Å². The van der Waals surface area contributed by atoms with Gasteiger partial charge in [-0.05, 0) is 92.8 Å². The lowest BCUT2D eigenvalue weighted by atomic mass is 9.79. The Morgan fingerprint density at radius 3 is 2.78 bits per heavy atom. The third-order valence-corrected chi connectivity index (χ3v) is 6.96. The maximum Gasteiger partial charge on any atom is 0.0648 e. The first kappa shape index (κ1) is 17.4. The summed E-state index contributed by atoms with van der Waals surface area (Å²) in [6.45, 7) is 9.94. The second-order valence-electron chi connectivity index (χ2n) is 9.30. The molecule has 1 saturated carbocycles. The molecule has 0 N–H and O–H groups in total. The Morgan fingerprint density at radius 1 is 1.11 bits per heavy atom. The summed E-state index contributed by atoms with van der Waals surface area (Å²) in [7, 11) is 0. The van der Waals surface area contributed by atoms with Gasteiger partial charge in [0, 0.05) is 38.6 Å². The number of aromatic nitrogens is 2. The van der Waals surface area contributed by atoms with E-state index in [9.17, 15) is 0 Å². The van der Waals surface area contributed by atoms with Crippen LogP contribution in [0.15, 0.2) is 36.7 Å². The van der Waals surface area contributed by atoms with Crippen molar-refractivity contribution in [3.05, 3.63) is 47.8 Å². The summed E-state index contributed by atoms with van der Waals surface area (Å²) in [4.78, 5) is 5.49. The van der Waals surface area contributed by atoms with Crippen LogP contribution < -0.4 is 0 Å². The van der Waals surface area contributed by atoms with Crippen LogP contribution >= 0.6 is 0 Å². The van der Waals surface area contributed by atoms with Crippen LogP contribution in [0.25, 0.3) is 5.69 Å². The minimum absolute atomic E-state index is 0.566. The Labute approximate surface area is 163 Å². The van der Waals surface area contributed by atoms with Gasteiger partial charge in [0.15, 0.2) is 0 Å². The standard InChI is InChI=1S/C23H32N4/c1-19-14-22(27-12-3-10-24-27)7-6-21(19)16-26-13-9-23(18-26)8-2-11-25(17-23)15-20-4-5-20/h3,6-7,10,12,14,20H,2,4-5,8-9,11,13,15-18H2,1H3/t23-/m1/s1. The van der Waals surface area contributed by atoms with Crippen molar-refractivity contribution in [2.75, 3.05) is 32.7 Å². The molecule has 0 unspecified atom stereocenters. The molecular weight excluding hydrogens is 332 g/mol. The average molecular weight is 365 g/mol. The highest BCUT2D eigenvalue weighted by Gasteiger charge is 2.42. The first-order chi connectivity index (χ1) is 13.2. The van der Waals surface area contributed by atoms with Gasteiger partial charge in [0.1, 0.15) is 0 Å². The van der Waals surface area contributed by atoms with Crippen molar-refractivity contribution < 1.29 is 0 Å². The van der Waals surface area contributed by atoms with Crippen molar-refractivity contribution >= 4 is 0 Å². The van der Waals surface area contributed by atoms with E-state index in [0.717, 1.165) is 18.2 Å². The third kappa shape index (κ3) is 3.83. The Kier molecular flexibility index (Phi) is 4.57. The summed E-state index contributed by atoms with van der Waals surface area (Å²) in [5.74, 6) is 1.02. The number of likely N-dealkylation sites (tertiary alicyclic amines) is 2. The van der Waals surface area contributed by atoms with E-state index in [1.54, 1.807) is 0 Å². The zero-order valence-electron chi connectivity index (χ0n) is 16.6. The molecule has 1 aliphatic carbocycles. The lowest BCUT2D eigenvalue weighted by molar-refractivity contribution is 0.0884. The fraction of sp³-hybridized carbons (Fsp3) is 0.609. The molecule has 2 saturated heterocycles. The third-order valence-electron chi connectivity index (χ3n) is 6.96. The van der Waals surface area contributed by atoms with Crippen LogP contribution in [0.3, 0.4) is 0 Å². The van der Waals surface area contributed by atoms with E-state index in [2.05, 4.69) is 40.0 Å². The zero-order chi connectivity index (χ0) is 18.3. The second kappa shape index (κ2) is 7.06. The van der Waals surface area contributed by atoms with Crippen LogP contribution in [-0.4, -0.2) is 52.3 Å². The minimum atomic E-state index is 0.566. The molecule has 3 fully saturated rings. The molecule has 1 aromatic carbocycles. The second-order valence-corrected chi connectivity index (χ2v) is 9.30. The molecular formula is C23H32N4. The van der Waals surface area contributed by atoms with Crippen LogP contribution in [0.2, 0.25) is 0 Å². The van der Waals surface area contributed by atoms with Gasteiger partial charge in [-0.15, -0.1) is 0 Å². The van der Waals surface area contributed by atoms with Crippen LogP contribution in [0, 0.1) is 18.3 Å². The van der Waals surface area contributed by atoms with E-state index in [1.165, 1.54) is 76.0 Å². The molecule has 144 valence electrons. The number of hydrogen-bond donors (Lipinski definition) is 0. The van der Waals surface area contributed by atoms with Gasteiger partial charge in [-0.25, -0.2) is 4.68 Å². The lowest BCUT2D eigenvalue weighted by Gasteiger charge is -2.40. The number of piperidine rings is 1. The van der Waals surface area contributed by atoms with Crippen molar-refractivity contribution in [1.82, 2.24) is 19.6 Å². The van der Waals surface area contributed by atoms with Gasteiger partial charge in [0.2, 0.25) is 0 Å². The van der Waals surface area contributed by atoms with Gasteiger partial charge in [-0.1, -0.05) is 6.07 Å². The van der Waals surface area contributed by atoms with Gasteiger partial charge in [0.25, 0.3) is 0 Å². The summed E-state index contributed by atoms with van der Waals surface area (Å²) in [6, 6.07) is 8.76. The lowest BCUT2D eigenvalue weighted by Crippen LogP contribution is -2.45. The minimum Gasteiger partial charge on any atom is -0.302 e. The summed E-state index contributed by atoms with van der Waals surface area (Å²) >= 11 is 0. The van der Waals surface area contributed by atoms with Gasteiger partial charge in [-0.3, -0.25) is 4.90 Å². The number of benzene rings is 1. The molecule has 0 radical (unpaired) electrons. The fourth-order valence-electron chi connectivity index (χ4n) is 5.29. The smallest absolute Gasteiger partial charge is 0.0648 e. The van der Waals surface area contributed by atoms with Crippen molar-refractivity contribution in [3.63, 3.8) is 0 Å². The molecule has 0 bridgehead atoms. The van der Waals surface area contributed by atoms with E-state index in [1.807, 2.05) is 23.1 Å². The largest absolute Gasteiger partial charge is 0.302 e. The van der Waals surface area contributed by atoms with Gasteiger partial charge in [0.05, 0.1) is 5.69 Å². The molecule has 2 aliphatic heterocycles. The number of hydrogen-bond acceptors (Lipinski definition) is 3. The molecule has 27 heavy (non-hydrogen) atoms. The van der Waals surface area contributed by atoms with Crippen LogP contribution in [0.5, 0.6) is 0 Å². The summed E-state index contributed by atoms with van der Waals surface area (Å²) in [6.07, 6.45) is 11.0. The summed E-state index contributed by atoms with van der Waals surface area (Å²) in [5, 5.41) is 4.35. The molecule has 1 spiro atoms. The van der Waals surface area contributed by atoms with Crippen LogP contribution in [0.1, 0.15) is 43.2 Å². The molecule has 3 aliphatic rings. The first-order valence-corrected chi connectivity index (χ1v) is 10.7. The topological polar surface area (TPSA) is 24.3 Å². The fourth-order valence-corrected chi connectivity index (χ4v) is 5.29. The van der Waals surface area contributed by atoms with Crippen molar-refractivity contribution in [2.45, 2.75) is 45.6 Å². The molecule has 0 amide bonds. The molecule has 4 heteroatoms. The highest BCUT2D eigenvalue weighted by molar-refractivity contribution is 5.39. The molecule has 4 nitrogen and oxygen atoms in total. The van der Waals surface area contributed by atoms with Crippen molar-refractivity contribution in [3.8, 4) is 5.69 Å². The predicted molar refractivity (Wildman–Crippen MR) is 109 cm³/mol. The maximum absolute atomic E-state index is 4.35. The van der Waals surface area contributed by atoms with Crippen molar-refractivity contribution in [1.29, 1.82) is 0 Å². The number of rotatable bonds is 5. The van der Waals surface area contributed by atoms with E-state index < -0.39 is 0 Å². The SMILES string of the molecule is Cc1cc(-n2cccn2)ccc1CN1CC[C@@]2(CCCN(CC3CC3)C2)C1. The summed E-state index contributed by atoms with van der Waals surface area (Å²) < 4.78 is 1.94. The molecule has 1 atom stereocenters. The highest BCUT2D eigenvalue weighted by atomic mass is 15.3. The first-order valence-electron chi connectivity index (χ1n) is 10.7. The molecule has 3 heterocycles. The molecule has 5 rings (SSSR count). The zero-order valence-corrected chi connectivity index (χ0v) is 16.6. The normalized spacial score (nSPS) is 26.9. The van der Waals surface area contributed by atoms with E-state index in [0.29, 0.717) is 5.41 Å². The molecule has 1 aromatic heterocycles. The Morgan fingerprint density at radius 2 is 2.00 bits per heavy atom. The quantitative estimate of drug-likeness (QED) is 0.805. The van der Waals surface area contributed by atoms with E-state index in [-0.39, 0.29) is 0 Å². The Bertz CT molecular complexity index is 780. The summed E-state index contributed by atoms with van der Waals surface area (Å²) in [5.41, 5.74) is 4.56. The maximum atomic E-state index is 4.35. The number of nitrogens with zero attached hydrogens (tertiary/aromatic N) is 4. The van der Waals surface area contributed by atoms with Gasteiger partial charge < -0.3 is 4.90 Å². The Balaban J connectivity index is 1.23. The highest BCUT2D eigenvalue weighted by Crippen LogP contribution is 2.41. The predicted octanol–water partition coefficient (Wildman–Crippen LogP) is 3.88. The average Bonchev–Trinajstić information content (AvgIpc) is 3.16. The monoisotopic (exact) mass is 364 g/mol. The van der Waals surface area contributed by atoms with E-state index in [4.69, 9.17) is 0 Å². The number of aryl methyl sites for hydroxylation is 1. The van der Waals surface area contributed by atoms with Crippen LogP contribution in [0.4, 0.5) is 0 Å². The van der Waals surface area contributed by atoms with Gasteiger partial charge >= 0.3 is 0 Å². The van der Waals surface area contributed by atoms with Crippen molar-refractivity contribution in [2.24, 2.45) is 11.3 Å². The molecule has 2 aromatic rings. The van der Waals surface area contributed by atoms with Crippen LogP contribution in [-0.2, 0) is 6.54 Å².